The van der Waals surface area contributed by atoms with E-state index >= 15 is 0 Å². The van der Waals surface area contributed by atoms with Gasteiger partial charge in [0.25, 0.3) is 0 Å². The molecule has 2 rings (SSSR count). The van der Waals surface area contributed by atoms with Crippen LogP contribution in [-0.2, 0) is 4.74 Å². The van der Waals surface area contributed by atoms with E-state index in [4.69, 9.17) is 16.2 Å². The predicted octanol–water partition coefficient (Wildman–Crippen LogP) is 0.688. The van der Waals surface area contributed by atoms with E-state index in [9.17, 15) is 0 Å². The number of nitrogen functional groups attached to an aromatic ring is 2. The first-order chi connectivity index (χ1) is 6.79. The summed E-state index contributed by atoms with van der Waals surface area (Å²) in [6.07, 6.45) is 0. The molecule has 0 bridgehead atoms. The van der Waals surface area contributed by atoms with Crippen LogP contribution < -0.4 is 16.4 Å². The SMILES string of the molecule is Nc1cccc(N)c1N1CCOCC1. The second-order valence-corrected chi connectivity index (χ2v) is 3.38. The zero-order valence-corrected chi connectivity index (χ0v) is 8.07. The molecule has 1 fully saturated rings. The zero-order valence-electron chi connectivity index (χ0n) is 8.07. The fraction of sp³-hybridized carbons (Fsp3) is 0.400. The van der Waals surface area contributed by atoms with Gasteiger partial charge in [-0.3, -0.25) is 0 Å². The largest absolute Gasteiger partial charge is 0.397 e. The van der Waals surface area contributed by atoms with Crippen LogP contribution >= 0.6 is 0 Å². The molecule has 0 amide bonds. The van der Waals surface area contributed by atoms with Crippen molar-refractivity contribution in [2.24, 2.45) is 0 Å². The van der Waals surface area contributed by atoms with Crippen molar-refractivity contribution in [3.63, 3.8) is 0 Å². The number of hydrogen-bond acceptors (Lipinski definition) is 4. The summed E-state index contributed by atoms with van der Waals surface area (Å²) < 4.78 is 5.28. The molecule has 1 aromatic rings. The normalized spacial score (nSPS) is 17.0. The molecule has 1 heterocycles. The van der Waals surface area contributed by atoms with Crippen LogP contribution in [0, 0.1) is 0 Å². The van der Waals surface area contributed by atoms with Gasteiger partial charge in [-0.25, -0.2) is 0 Å². The molecule has 0 spiro atoms. The van der Waals surface area contributed by atoms with Crippen molar-refractivity contribution in [3.8, 4) is 0 Å². The highest BCUT2D eigenvalue weighted by molar-refractivity contribution is 5.80. The molecule has 0 saturated carbocycles. The first kappa shape index (κ1) is 9.15. The minimum atomic E-state index is 0.743. The van der Waals surface area contributed by atoms with Gasteiger partial charge < -0.3 is 21.1 Å². The Balaban J connectivity index is 2.29. The summed E-state index contributed by atoms with van der Waals surface area (Å²) >= 11 is 0. The summed E-state index contributed by atoms with van der Waals surface area (Å²) in [5.74, 6) is 0. The molecule has 0 unspecified atom stereocenters. The van der Waals surface area contributed by atoms with Gasteiger partial charge in [0.05, 0.1) is 30.3 Å². The van der Waals surface area contributed by atoms with Crippen molar-refractivity contribution in [2.45, 2.75) is 0 Å². The first-order valence-corrected chi connectivity index (χ1v) is 4.75. The Labute approximate surface area is 83.4 Å². The molecule has 76 valence electrons. The molecular formula is C10H15N3O. The van der Waals surface area contributed by atoms with E-state index in [2.05, 4.69) is 4.90 Å². The molecule has 0 radical (unpaired) electrons. The summed E-state index contributed by atoms with van der Waals surface area (Å²) in [6, 6.07) is 5.62. The van der Waals surface area contributed by atoms with Crippen LogP contribution in [-0.4, -0.2) is 26.3 Å². The molecule has 14 heavy (non-hydrogen) atoms. The van der Waals surface area contributed by atoms with Crippen LogP contribution in [0.5, 0.6) is 0 Å². The molecule has 4 nitrogen and oxygen atoms in total. The summed E-state index contributed by atoms with van der Waals surface area (Å²) in [7, 11) is 0. The first-order valence-electron chi connectivity index (χ1n) is 4.75. The maximum Gasteiger partial charge on any atom is 0.0834 e. The van der Waals surface area contributed by atoms with Gasteiger partial charge >= 0.3 is 0 Å². The molecule has 0 aromatic heterocycles. The number of rotatable bonds is 1. The van der Waals surface area contributed by atoms with Crippen LogP contribution in [0.15, 0.2) is 18.2 Å². The van der Waals surface area contributed by atoms with Gasteiger partial charge in [-0.15, -0.1) is 0 Å². The van der Waals surface area contributed by atoms with Gasteiger partial charge in [0.2, 0.25) is 0 Å². The van der Waals surface area contributed by atoms with Crippen LogP contribution in [0.4, 0.5) is 17.1 Å². The van der Waals surface area contributed by atoms with Gasteiger partial charge in [0.1, 0.15) is 0 Å². The van der Waals surface area contributed by atoms with Gasteiger partial charge in [0, 0.05) is 13.1 Å². The van der Waals surface area contributed by atoms with Crippen molar-refractivity contribution in [1.82, 2.24) is 0 Å². The highest BCUT2D eigenvalue weighted by atomic mass is 16.5. The molecule has 1 aliphatic rings. The molecule has 0 aliphatic carbocycles. The number of anilines is 3. The van der Waals surface area contributed by atoms with E-state index in [1.54, 1.807) is 0 Å². The topological polar surface area (TPSA) is 64.5 Å². The van der Waals surface area contributed by atoms with E-state index in [0.717, 1.165) is 43.4 Å². The average Bonchev–Trinajstić information content (AvgIpc) is 2.19. The maximum atomic E-state index is 5.89. The van der Waals surface area contributed by atoms with E-state index in [1.165, 1.54) is 0 Å². The Morgan fingerprint density at radius 1 is 1.07 bits per heavy atom. The van der Waals surface area contributed by atoms with Crippen molar-refractivity contribution in [2.75, 3.05) is 42.7 Å². The van der Waals surface area contributed by atoms with E-state index < -0.39 is 0 Å². The summed E-state index contributed by atoms with van der Waals surface area (Å²) in [4.78, 5) is 2.17. The highest BCUT2D eigenvalue weighted by Crippen LogP contribution is 2.30. The smallest absolute Gasteiger partial charge is 0.0834 e. The summed E-state index contributed by atoms with van der Waals surface area (Å²) in [5, 5.41) is 0. The van der Waals surface area contributed by atoms with E-state index in [1.807, 2.05) is 18.2 Å². The Morgan fingerprint density at radius 2 is 1.64 bits per heavy atom. The van der Waals surface area contributed by atoms with Gasteiger partial charge in [-0.05, 0) is 12.1 Å². The monoisotopic (exact) mass is 193 g/mol. The number of para-hydroxylation sites is 1. The van der Waals surface area contributed by atoms with Crippen molar-refractivity contribution < 1.29 is 4.74 Å². The number of ether oxygens (including phenoxy) is 1. The molecule has 0 atom stereocenters. The van der Waals surface area contributed by atoms with E-state index in [-0.39, 0.29) is 0 Å². The lowest BCUT2D eigenvalue weighted by atomic mass is 10.2. The van der Waals surface area contributed by atoms with Crippen LogP contribution in [0.25, 0.3) is 0 Å². The number of morpholine rings is 1. The maximum absolute atomic E-state index is 5.89. The standard InChI is InChI=1S/C10H15N3O/c11-8-2-1-3-9(12)10(8)13-4-6-14-7-5-13/h1-3H,4-7,11-12H2. The highest BCUT2D eigenvalue weighted by Gasteiger charge is 2.15. The number of nitrogens with zero attached hydrogens (tertiary/aromatic N) is 1. The van der Waals surface area contributed by atoms with Crippen LogP contribution in [0.1, 0.15) is 0 Å². The average molecular weight is 193 g/mol. The van der Waals surface area contributed by atoms with Gasteiger partial charge in [-0.2, -0.15) is 0 Å². The predicted molar refractivity (Wildman–Crippen MR) is 58.3 cm³/mol. The van der Waals surface area contributed by atoms with Crippen LogP contribution in [0.3, 0.4) is 0 Å². The lowest BCUT2D eigenvalue weighted by molar-refractivity contribution is 0.123. The van der Waals surface area contributed by atoms with Crippen molar-refractivity contribution in [1.29, 1.82) is 0 Å². The van der Waals surface area contributed by atoms with Crippen LogP contribution in [0.2, 0.25) is 0 Å². The molecule has 1 aliphatic heterocycles. The molecule has 4 N–H and O–H groups in total. The Bertz CT molecular complexity index is 301. The van der Waals surface area contributed by atoms with Crippen molar-refractivity contribution >= 4 is 17.1 Å². The van der Waals surface area contributed by atoms with E-state index in [0.29, 0.717) is 0 Å². The molecular weight excluding hydrogens is 178 g/mol. The number of nitrogens with two attached hydrogens (primary N) is 2. The Hall–Kier alpha value is -1.42. The second kappa shape index (κ2) is 3.75. The minimum Gasteiger partial charge on any atom is -0.397 e. The summed E-state index contributed by atoms with van der Waals surface area (Å²) in [6.45, 7) is 3.21. The molecule has 1 saturated heterocycles. The lowest BCUT2D eigenvalue weighted by Gasteiger charge is -2.30. The zero-order chi connectivity index (χ0) is 9.97. The molecule has 4 heteroatoms. The fourth-order valence-corrected chi connectivity index (χ4v) is 1.73. The quantitative estimate of drug-likeness (QED) is 0.644. The fourth-order valence-electron chi connectivity index (χ4n) is 1.73. The van der Waals surface area contributed by atoms with Gasteiger partial charge in [-0.1, -0.05) is 6.07 Å². The third-order valence-electron chi connectivity index (χ3n) is 2.43. The third-order valence-corrected chi connectivity index (χ3v) is 2.43. The second-order valence-electron chi connectivity index (χ2n) is 3.38. The minimum absolute atomic E-state index is 0.743. The Morgan fingerprint density at radius 3 is 2.21 bits per heavy atom. The third kappa shape index (κ3) is 1.61. The number of hydrogen-bond donors (Lipinski definition) is 2. The molecule has 1 aromatic carbocycles. The summed E-state index contributed by atoms with van der Waals surface area (Å²) in [5.41, 5.74) is 14.2. The Kier molecular flexibility index (Phi) is 2.45. The lowest BCUT2D eigenvalue weighted by Crippen LogP contribution is -2.37. The van der Waals surface area contributed by atoms with Crippen molar-refractivity contribution in [3.05, 3.63) is 18.2 Å². The number of benzene rings is 1. The van der Waals surface area contributed by atoms with Gasteiger partial charge in [0.15, 0.2) is 0 Å².